The van der Waals surface area contributed by atoms with Gasteiger partial charge in [-0.15, -0.1) is 0 Å². The van der Waals surface area contributed by atoms with Gasteiger partial charge in [0.15, 0.2) is 20.2 Å². The molecule has 0 radical (unpaired) electrons. The first-order valence-corrected chi connectivity index (χ1v) is 13.9. The minimum atomic E-state index is -1.76. The standard InChI is InChI=1S/C22H42O5Si/c1-19(2,3)28(8,9)24-14-13-16-11-10-12-17-15-20(4,5)21(6)25-18(23-7)22(16,17)27-26-21/h16-18H,10-15H2,1-9H3/t16-,17+,18-,21+,22-/m0/s1. The summed E-state index contributed by atoms with van der Waals surface area (Å²) >= 11 is 0. The summed E-state index contributed by atoms with van der Waals surface area (Å²) in [5.74, 6) is -0.124. The van der Waals surface area contributed by atoms with Crippen LogP contribution in [0.25, 0.3) is 0 Å². The second-order valence-corrected chi connectivity index (χ2v) is 16.3. The molecular weight excluding hydrogens is 372 g/mol. The first-order chi connectivity index (χ1) is 12.8. The van der Waals surface area contributed by atoms with Crippen molar-refractivity contribution in [1.82, 2.24) is 0 Å². The van der Waals surface area contributed by atoms with Gasteiger partial charge in [0, 0.05) is 19.1 Å². The van der Waals surface area contributed by atoms with Gasteiger partial charge in [0.1, 0.15) is 0 Å². The Morgan fingerprint density at radius 3 is 2.36 bits per heavy atom. The average molecular weight is 415 g/mol. The summed E-state index contributed by atoms with van der Waals surface area (Å²) in [7, 11) is -0.0316. The van der Waals surface area contributed by atoms with Gasteiger partial charge < -0.3 is 13.9 Å². The number of hydrogen-bond donors (Lipinski definition) is 0. The number of hydrogen-bond acceptors (Lipinski definition) is 5. The largest absolute Gasteiger partial charge is 0.417 e. The molecule has 0 unspecified atom stereocenters. The van der Waals surface area contributed by atoms with Crippen LogP contribution in [0.2, 0.25) is 18.1 Å². The third-order valence-corrected chi connectivity index (χ3v) is 12.9. The van der Waals surface area contributed by atoms with Crippen LogP contribution in [0.3, 0.4) is 0 Å². The smallest absolute Gasteiger partial charge is 0.206 e. The fraction of sp³-hybridized carbons (Fsp3) is 1.00. The second-order valence-electron chi connectivity index (χ2n) is 11.5. The summed E-state index contributed by atoms with van der Waals surface area (Å²) in [4.78, 5) is 12.3. The topological polar surface area (TPSA) is 46.2 Å². The highest BCUT2D eigenvalue weighted by molar-refractivity contribution is 6.74. The number of rotatable bonds is 5. The fourth-order valence-corrected chi connectivity index (χ4v) is 6.09. The molecule has 1 saturated carbocycles. The lowest BCUT2D eigenvalue weighted by Gasteiger charge is -2.53. The molecule has 3 aliphatic heterocycles. The zero-order chi connectivity index (χ0) is 21.0. The van der Waals surface area contributed by atoms with E-state index in [1.54, 1.807) is 7.11 Å². The summed E-state index contributed by atoms with van der Waals surface area (Å²) in [6.45, 7) is 18.7. The van der Waals surface area contributed by atoms with E-state index >= 15 is 0 Å². The highest BCUT2D eigenvalue weighted by atomic mass is 28.4. The van der Waals surface area contributed by atoms with Gasteiger partial charge in [-0.3, -0.25) is 0 Å². The summed E-state index contributed by atoms with van der Waals surface area (Å²) < 4.78 is 18.8. The van der Waals surface area contributed by atoms with Crippen molar-refractivity contribution in [2.75, 3.05) is 13.7 Å². The molecule has 1 spiro atoms. The van der Waals surface area contributed by atoms with Gasteiger partial charge in [0.05, 0.1) is 0 Å². The molecule has 28 heavy (non-hydrogen) atoms. The Bertz CT molecular complexity index is 572. The highest BCUT2D eigenvalue weighted by Crippen LogP contribution is 2.60. The van der Waals surface area contributed by atoms with E-state index in [1.165, 1.54) is 6.42 Å². The summed E-state index contributed by atoms with van der Waals surface area (Å²) in [6, 6.07) is 0. The van der Waals surface area contributed by atoms with Crippen LogP contribution in [0.4, 0.5) is 0 Å². The van der Waals surface area contributed by atoms with Crippen LogP contribution in [-0.4, -0.2) is 39.7 Å². The van der Waals surface area contributed by atoms with Crippen LogP contribution >= 0.6 is 0 Å². The summed E-state index contributed by atoms with van der Waals surface area (Å²) in [5.41, 5.74) is -0.691. The van der Waals surface area contributed by atoms with Crippen molar-refractivity contribution in [2.24, 2.45) is 17.3 Å². The molecule has 4 rings (SSSR count). The molecule has 0 aromatic carbocycles. The molecule has 0 N–H and O–H groups in total. The number of ether oxygens (including phenoxy) is 2. The molecule has 1 aliphatic carbocycles. The van der Waals surface area contributed by atoms with E-state index in [4.69, 9.17) is 23.7 Å². The van der Waals surface area contributed by atoms with Crippen LogP contribution in [-0.2, 0) is 23.7 Å². The number of fused-ring (bicyclic) bond motifs is 3. The van der Waals surface area contributed by atoms with Crippen molar-refractivity contribution in [3.05, 3.63) is 0 Å². The Kier molecular flexibility index (Phi) is 5.93. The molecule has 0 amide bonds. The van der Waals surface area contributed by atoms with Gasteiger partial charge in [-0.1, -0.05) is 41.0 Å². The lowest BCUT2D eigenvalue weighted by molar-refractivity contribution is -0.566. The highest BCUT2D eigenvalue weighted by Gasteiger charge is 2.68. The Hall–Kier alpha value is 0.0169. The van der Waals surface area contributed by atoms with Crippen molar-refractivity contribution in [2.45, 2.75) is 109 Å². The molecule has 3 saturated heterocycles. The SMILES string of the molecule is CO[C@H]1O[C@]2(C)OO[C@]13[C@H](CCO[Si](C)(C)C(C)(C)C)CCC[C@@H]3CC2(C)C. The van der Waals surface area contributed by atoms with E-state index in [-0.39, 0.29) is 10.5 Å². The molecule has 3 heterocycles. The minimum Gasteiger partial charge on any atom is -0.417 e. The quantitative estimate of drug-likeness (QED) is 0.430. The molecular formula is C22H42O5Si. The Labute approximate surface area is 172 Å². The predicted octanol–water partition coefficient (Wildman–Crippen LogP) is 5.65. The third-order valence-electron chi connectivity index (χ3n) is 8.36. The van der Waals surface area contributed by atoms with Crippen molar-refractivity contribution >= 4 is 8.32 Å². The lowest BCUT2D eigenvalue weighted by atomic mass is 9.62. The number of methoxy groups -OCH3 is 1. The first kappa shape index (κ1) is 22.7. The third kappa shape index (κ3) is 3.52. The maximum Gasteiger partial charge on any atom is 0.206 e. The van der Waals surface area contributed by atoms with E-state index in [2.05, 4.69) is 47.7 Å². The van der Waals surface area contributed by atoms with Gasteiger partial charge in [-0.25, -0.2) is 4.89 Å². The molecule has 4 aliphatic rings. The normalized spacial score (nSPS) is 40.8. The second kappa shape index (κ2) is 7.31. The van der Waals surface area contributed by atoms with E-state index in [0.29, 0.717) is 11.8 Å². The monoisotopic (exact) mass is 414 g/mol. The maximum absolute atomic E-state index is 6.50. The van der Waals surface area contributed by atoms with Crippen LogP contribution in [0.5, 0.6) is 0 Å². The minimum absolute atomic E-state index is 0.147. The molecule has 6 heteroatoms. The fourth-order valence-electron chi connectivity index (χ4n) is 5.03. The molecule has 0 aromatic rings. The summed E-state index contributed by atoms with van der Waals surface area (Å²) in [6.07, 6.45) is 5.00. The van der Waals surface area contributed by atoms with Crippen molar-refractivity contribution in [1.29, 1.82) is 0 Å². The van der Waals surface area contributed by atoms with Gasteiger partial charge >= 0.3 is 0 Å². The van der Waals surface area contributed by atoms with Gasteiger partial charge in [-0.2, -0.15) is 4.89 Å². The zero-order valence-electron chi connectivity index (χ0n) is 19.5. The van der Waals surface area contributed by atoms with Crippen LogP contribution in [0.15, 0.2) is 0 Å². The van der Waals surface area contributed by atoms with E-state index in [0.717, 1.165) is 32.3 Å². The molecule has 0 aromatic heterocycles. The maximum atomic E-state index is 6.50. The molecule has 5 atom stereocenters. The Morgan fingerprint density at radius 1 is 1.07 bits per heavy atom. The van der Waals surface area contributed by atoms with Crippen LogP contribution < -0.4 is 0 Å². The Morgan fingerprint density at radius 2 is 1.75 bits per heavy atom. The van der Waals surface area contributed by atoms with E-state index in [9.17, 15) is 0 Å². The molecule has 2 bridgehead atoms. The van der Waals surface area contributed by atoms with Crippen LogP contribution in [0.1, 0.15) is 73.6 Å². The molecule has 5 nitrogen and oxygen atoms in total. The van der Waals surface area contributed by atoms with Gasteiger partial charge in [-0.05, 0) is 62.6 Å². The van der Waals surface area contributed by atoms with Gasteiger partial charge in [0.25, 0.3) is 0 Å². The average Bonchev–Trinajstić information content (AvgIpc) is 2.71. The van der Waals surface area contributed by atoms with E-state index in [1.807, 2.05) is 6.92 Å². The zero-order valence-corrected chi connectivity index (χ0v) is 20.5. The molecule has 164 valence electrons. The van der Waals surface area contributed by atoms with Crippen molar-refractivity contribution in [3.63, 3.8) is 0 Å². The van der Waals surface area contributed by atoms with Crippen molar-refractivity contribution in [3.8, 4) is 0 Å². The Balaban J connectivity index is 1.82. The van der Waals surface area contributed by atoms with Crippen LogP contribution in [0, 0.1) is 17.3 Å². The van der Waals surface area contributed by atoms with E-state index < -0.39 is 26.0 Å². The van der Waals surface area contributed by atoms with Gasteiger partial charge in [0.2, 0.25) is 5.79 Å². The lowest BCUT2D eigenvalue weighted by Crippen LogP contribution is -2.64. The van der Waals surface area contributed by atoms with Crippen molar-refractivity contribution < 1.29 is 23.7 Å². The first-order valence-electron chi connectivity index (χ1n) is 11.0. The summed E-state index contributed by atoms with van der Waals surface area (Å²) in [5, 5.41) is 0.219. The predicted molar refractivity (Wildman–Crippen MR) is 112 cm³/mol. The molecule has 4 fully saturated rings.